The molecule has 0 unspecified atom stereocenters. The van der Waals surface area contributed by atoms with E-state index in [9.17, 15) is 13.9 Å². The molecule has 4 nitrogen and oxygen atoms in total. The zero-order valence-electron chi connectivity index (χ0n) is 7.90. The van der Waals surface area contributed by atoms with Gasteiger partial charge in [-0.2, -0.15) is 0 Å². The number of aromatic nitrogens is 2. The van der Waals surface area contributed by atoms with E-state index < -0.39 is 18.4 Å². The highest BCUT2D eigenvalue weighted by molar-refractivity contribution is 5.29. The van der Waals surface area contributed by atoms with E-state index in [1.807, 2.05) is 0 Å². The standard InChI is InChI=1S/C9H11F2N3O/c10-8(11)4-1-6-5(7(15)2-4)3-13-9(12)14-6/h3-4,7-8,15H,1-2H2,(H2,12,13,14)/t4-,7+/m0/s1. The van der Waals surface area contributed by atoms with Crippen LogP contribution in [0.3, 0.4) is 0 Å². The molecule has 0 aliphatic heterocycles. The van der Waals surface area contributed by atoms with Gasteiger partial charge < -0.3 is 10.8 Å². The highest BCUT2D eigenvalue weighted by Gasteiger charge is 2.32. The second-order valence-electron chi connectivity index (χ2n) is 3.68. The summed E-state index contributed by atoms with van der Waals surface area (Å²) in [6, 6.07) is 0. The van der Waals surface area contributed by atoms with E-state index in [1.54, 1.807) is 0 Å². The second-order valence-corrected chi connectivity index (χ2v) is 3.68. The topological polar surface area (TPSA) is 72.0 Å². The number of nitrogens with two attached hydrogens (primary N) is 1. The number of aliphatic hydroxyl groups is 1. The van der Waals surface area contributed by atoms with Gasteiger partial charge >= 0.3 is 0 Å². The Balaban J connectivity index is 2.33. The van der Waals surface area contributed by atoms with Crippen LogP contribution in [0.2, 0.25) is 0 Å². The lowest BCUT2D eigenvalue weighted by Gasteiger charge is -2.26. The minimum absolute atomic E-state index is 0.0517. The van der Waals surface area contributed by atoms with E-state index in [2.05, 4.69) is 9.97 Å². The molecule has 6 heteroatoms. The molecule has 1 aliphatic rings. The Hall–Kier alpha value is -1.30. The van der Waals surface area contributed by atoms with Crippen molar-refractivity contribution in [3.05, 3.63) is 17.5 Å². The molecule has 0 spiro atoms. The molecule has 0 aromatic carbocycles. The van der Waals surface area contributed by atoms with Crippen LogP contribution in [0, 0.1) is 5.92 Å². The lowest BCUT2D eigenvalue weighted by atomic mass is 9.86. The minimum atomic E-state index is -2.44. The van der Waals surface area contributed by atoms with E-state index >= 15 is 0 Å². The molecular formula is C9H11F2N3O. The number of hydrogen-bond donors (Lipinski definition) is 2. The summed E-state index contributed by atoms with van der Waals surface area (Å²) in [6.45, 7) is 0. The van der Waals surface area contributed by atoms with Crippen LogP contribution in [-0.2, 0) is 6.42 Å². The zero-order chi connectivity index (χ0) is 11.0. The molecule has 1 aromatic rings. The van der Waals surface area contributed by atoms with Crippen molar-refractivity contribution in [2.45, 2.75) is 25.4 Å². The van der Waals surface area contributed by atoms with Crippen LogP contribution in [0.15, 0.2) is 6.20 Å². The summed E-state index contributed by atoms with van der Waals surface area (Å²) in [7, 11) is 0. The van der Waals surface area contributed by atoms with Gasteiger partial charge in [-0.05, 0) is 12.8 Å². The molecule has 0 saturated carbocycles. The van der Waals surface area contributed by atoms with Crippen LogP contribution in [-0.4, -0.2) is 21.5 Å². The van der Waals surface area contributed by atoms with E-state index in [1.165, 1.54) is 6.20 Å². The van der Waals surface area contributed by atoms with Crippen molar-refractivity contribution in [1.29, 1.82) is 0 Å². The Morgan fingerprint density at radius 2 is 2.27 bits per heavy atom. The fourth-order valence-corrected chi connectivity index (χ4v) is 1.82. The Morgan fingerprint density at radius 3 is 2.93 bits per heavy atom. The highest BCUT2D eigenvalue weighted by Crippen LogP contribution is 2.34. The molecule has 1 aliphatic carbocycles. The smallest absolute Gasteiger partial charge is 0.241 e. The maximum absolute atomic E-state index is 12.5. The molecule has 0 bridgehead atoms. The Bertz CT molecular complexity index is 372. The van der Waals surface area contributed by atoms with E-state index in [0.29, 0.717) is 11.3 Å². The number of rotatable bonds is 1. The Kier molecular flexibility index (Phi) is 2.52. The molecule has 2 rings (SSSR count). The molecule has 1 heterocycles. The van der Waals surface area contributed by atoms with Gasteiger partial charge in [0.05, 0.1) is 11.8 Å². The van der Waals surface area contributed by atoms with Crippen LogP contribution < -0.4 is 5.73 Å². The summed E-state index contributed by atoms with van der Waals surface area (Å²) < 4.78 is 25.0. The fraction of sp³-hybridized carbons (Fsp3) is 0.556. The summed E-state index contributed by atoms with van der Waals surface area (Å²) in [6.07, 6.45) is -1.74. The van der Waals surface area contributed by atoms with Crippen LogP contribution in [0.4, 0.5) is 14.7 Å². The first-order valence-electron chi connectivity index (χ1n) is 4.65. The van der Waals surface area contributed by atoms with Gasteiger partial charge in [0.1, 0.15) is 0 Å². The third kappa shape index (κ3) is 1.90. The van der Waals surface area contributed by atoms with Gasteiger partial charge in [0, 0.05) is 17.7 Å². The van der Waals surface area contributed by atoms with Gasteiger partial charge in [-0.15, -0.1) is 0 Å². The molecule has 0 fully saturated rings. The molecule has 1 aromatic heterocycles. The van der Waals surface area contributed by atoms with E-state index in [4.69, 9.17) is 5.73 Å². The SMILES string of the molecule is Nc1ncc2c(n1)C[C@H](C(F)F)C[C@H]2O. The average Bonchev–Trinajstić information content (AvgIpc) is 2.16. The second kappa shape index (κ2) is 3.69. The van der Waals surface area contributed by atoms with Crippen LogP contribution >= 0.6 is 0 Å². The molecule has 3 N–H and O–H groups in total. The number of alkyl halides is 2. The minimum Gasteiger partial charge on any atom is -0.388 e. The van der Waals surface area contributed by atoms with Gasteiger partial charge in [-0.1, -0.05) is 0 Å². The quantitative estimate of drug-likeness (QED) is 0.730. The first-order valence-corrected chi connectivity index (χ1v) is 4.65. The lowest BCUT2D eigenvalue weighted by molar-refractivity contribution is 0.0291. The predicted octanol–water partition coefficient (Wildman–Crippen LogP) is 0.920. The third-order valence-corrected chi connectivity index (χ3v) is 2.62. The third-order valence-electron chi connectivity index (χ3n) is 2.62. The van der Waals surface area contributed by atoms with Crippen molar-refractivity contribution in [1.82, 2.24) is 9.97 Å². The summed E-state index contributed by atoms with van der Waals surface area (Å²) in [5.41, 5.74) is 6.31. The Labute approximate surface area is 85.2 Å². The molecule has 0 amide bonds. The predicted molar refractivity (Wildman–Crippen MR) is 49.2 cm³/mol. The number of fused-ring (bicyclic) bond motifs is 1. The fourth-order valence-electron chi connectivity index (χ4n) is 1.82. The number of halogens is 2. The van der Waals surface area contributed by atoms with E-state index in [0.717, 1.165) is 0 Å². The monoisotopic (exact) mass is 215 g/mol. The highest BCUT2D eigenvalue weighted by atomic mass is 19.3. The molecule has 82 valence electrons. The molecule has 0 saturated heterocycles. The van der Waals surface area contributed by atoms with Crippen molar-refractivity contribution >= 4 is 5.95 Å². The number of anilines is 1. The number of nitrogens with zero attached hydrogens (tertiary/aromatic N) is 2. The maximum Gasteiger partial charge on any atom is 0.241 e. The summed E-state index contributed by atoms with van der Waals surface area (Å²) in [5, 5.41) is 9.62. The van der Waals surface area contributed by atoms with Gasteiger partial charge in [-0.3, -0.25) is 0 Å². The largest absolute Gasteiger partial charge is 0.388 e. The van der Waals surface area contributed by atoms with Crippen molar-refractivity contribution in [3.8, 4) is 0 Å². The van der Waals surface area contributed by atoms with Crippen LogP contribution in [0.25, 0.3) is 0 Å². The van der Waals surface area contributed by atoms with Crippen molar-refractivity contribution in [2.24, 2.45) is 5.92 Å². The van der Waals surface area contributed by atoms with Gasteiger partial charge in [0.25, 0.3) is 0 Å². The number of aliphatic hydroxyl groups excluding tert-OH is 1. The zero-order valence-corrected chi connectivity index (χ0v) is 7.90. The normalized spacial score (nSPS) is 25.3. The Morgan fingerprint density at radius 1 is 1.53 bits per heavy atom. The number of nitrogen functional groups attached to an aromatic ring is 1. The molecular weight excluding hydrogens is 204 g/mol. The van der Waals surface area contributed by atoms with Gasteiger partial charge in [-0.25, -0.2) is 18.7 Å². The summed E-state index contributed by atoms with van der Waals surface area (Å²) in [5.74, 6) is -0.794. The average molecular weight is 215 g/mol. The van der Waals surface area contributed by atoms with Gasteiger partial charge in [0.2, 0.25) is 12.4 Å². The van der Waals surface area contributed by atoms with Crippen molar-refractivity contribution < 1.29 is 13.9 Å². The molecule has 0 radical (unpaired) electrons. The first kappa shape index (κ1) is 10.2. The first-order chi connectivity index (χ1) is 7.08. The van der Waals surface area contributed by atoms with Crippen LogP contribution in [0.5, 0.6) is 0 Å². The maximum atomic E-state index is 12.5. The van der Waals surface area contributed by atoms with E-state index in [-0.39, 0.29) is 18.8 Å². The van der Waals surface area contributed by atoms with Gasteiger partial charge in [0.15, 0.2) is 0 Å². The lowest BCUT2D eigenvalue weighted by Crippen LogP contribution is -2.25. The van der Waals surface area contributed by atoms with Crippen molar-refractivity contribution in [3.63, 3.8) is 0 Å². The summed E-state index contributed by atoms with van der Waals surface area (Å²) in [4.78, 5) is 7.60. The number of hydrogen-bond acceptors (Lipinski definition) is 4. The van der Waals surface area contributed by atoms with Crippen LogP contribution in [0.1, 0.15) is 23.8 Å². The molecule has 2 atom stereocenters. The van der Waals surface area contributed by atoms with Crippen molar-refractivity contribution in [2.75, 3.05) is 5.73 Å². The molecule has 15 heavy (non-hydrogen) atoms. The summed E-state index contributed by atoms with van der Waals surface area (Å²) >= 11 is 0.